The van der Waals surface area contributed by atoms with E-state index < -0.39 is 16.0 Å². The molecule has 0 aromatic heterocycles. The number of nitrogens with zero attached hydrogens (tertiary/aromatic N) is 2. The van der Waals surface area contributed by atoms with Gasteiger partial charge in [0.15, 0.2) is 0 Å². The van der Waals surface area contributed by atoms with Crippen LogP contribution in [0.4, 0.5) is 5.69 Å². The molecule has 124 valence electrons. The van der Waals surface area contributed by atoms with Crippen molar-refractivity contribution in [2.24, 2.45) is 4.40 Å². The Morgan fingerprint density at radius 3 is 2.78 bits per heavy atom. The second-order valence-corrected chi connectivity index (χ2v) is 7.65. The molecule has 0 spiro atoms. The van der Waals surface area contributed by atoms with Gasteiger partial charge >= 0.3 is 5.97 Å². The van der Waals surface area contributed by atoms with Gasteiger partial charge in [-0.2, -0.15) is 8.42 Å². The first kappa shape index (κ1) is 16.0. The van der Waals surface area contributed by atoms with Gasteiger partial charge in [0.05, 0.1) is 17.4 Å². The summed E-state index contributed by atoms with van der Waals surface area (Å²) in [5.74, 6) is 0.0798. The number of fused-ring (bicyclic) bond motifs is 3. The molecule has 0 radical (unpaired) electrons. The zero-order valence-corrected chi connectivity index (χ0v) is 14.1. The monoisotopic (exact) mass is 336 g/mol. The minimum atomic E-state index is -3.77. The van der Waals surface area contributed by atoms with Crippen molar-refractivity contribution >= 4 is 27.5 Å². The first-order chi connectivity index (χ1) is 10.9. The van der Waals surface area contributed by atoms with Gasteiger partial charge in [-0.3, -0.25) is 0 Å². The highest BCUT2D eigenvalue weighted by Crippen LogP contribution is 2.35. The normalized spacial score (nSPS) is 19.4. The van der Waals surface area contributed by atoms with Crippen molar-refractivity contribution < 1.29 is 17.9 Å². The van der Waals surface area contributed by atoms with Crippen molar-refractivity contribution in [1.29, 1.82) is 0 Å². The molecule has 1 saturated heterocycles. The predicted octanol–water partition coefficient (Wildman–Crippen LogP) is 2.73. The SMILES string of the molecule is CC(C)OC(=O)c1ccc2c(c1)S(=O)(=O)N=C1CCCCCN12. The number of esters is 1. The predicted molar refractivity (Wildman–Crippen MR) is 87.4 cm³/mol. The number of rotatable bonds is 2. The largest absolute Gasteiger partial charge is 0.459 e. The first-order valence-electron chi connectivity index (χ1n) is 7.85. The number of benzene rings is 1. The van der Waals surface area contributed by atoms with E-state index in [4.69, 9.17) is 4.74 Å². The molecular weight excluding hydrogens is 316 g/mol. The number of amidine groups is 1. The Bertz CT molecular complexity index is 768. The van der Waals surface area contributed by atoms with Crippen LogP contribution in [0.5, 0.6) is 0 Å². The van der Waals surface area contributed by atoms with E-state index in [2.05, 4.69) is 4.40 Å². The lowest BCUT2D eigenvalue weighted by molar-refractivity contribution is 0.0377. The number of carbonyl (C=O) groups is 1. The van der Waals surface area contributed by atoms with E-state index >= 15 is 0 Å². The van der Waals surface area contributed by atoms with E-state index in [1.807, 2.05) is 4.90 Å². The quantitative estimate of drug-likeness (QED) is 0.776. The lowest BCUT2D eigenvalue weighted by atomic mass is 10.2. The highest BCUT2D eigenvalue weighted by Gasteiger charge is 2.32. The van der Waals surface area contributed by atoms with E-state index in [9.17, 15) is 13.2 Å². The smallest absolute Gasteiger partial charge is 0.338 e. The van der Waals surface area contributed by atoms with Crippen molar-refractivity contribution in [2.75, 3.05) is 11.4 Å². The summed E-state index contributed by atoms with van der Waals surface area (Å²) in [6.45, 7) is 4.25. The standard InChI is InChI=1S/C16H20N2O4S/c1-11(2)22-16(19)12-7-8-13-14(10-12)23(20,21)17-15-6-4-3-5-9-18(13)15/h7-8,10-11H,3-6,9H2,1-2H3. The topological polar surface area (TPSA) is 76.0 Å². The fraction of sp³-hybridized carbons (Fsp3) is 0.500. The van der Waals surface area contributed by atoms with Crippen molar-refractivity contribution in [2.45, 2.75) is 50.5 Å². The number of anilines is 1. The summed E-state index contributed by atoms with van der Waals surface area (Å²) in [4.78, 5) is 14.1. The molecule has 0 N–H and O–H groups in total. The molecule has 0 aliphatic carbocycles. The average Bonchev–Trinajstić information content (AvgIpc) is 2.71. The highest BCUT2D eigenvalue weighted by molar-refractivity contribution is 7.90. The van der Waals surface area contributed by atoms with Crippen LogP contribution >= 0.6 is 0 Å². The maximum atomic E-state index is 12.5. The Balaban J connectivity index is 2.05. The Hall–Kier alpha value is -1.89. The summed E-state index contributed by atoms with van der Waals surface area (Å²) in [7, 11) is -3.77. The summed E-state index contributed by atoms with van der Waals surface area (Å²) in [5, 5.41) is 0. The van der Waals surface area contributed by atoms with Crippen LogP contribution in [-0.4, -0.2) is 32.9 Å². The van der Waals surface area contributed by atoms with Gasteiger partial charge in [-0.15, -0.1) is 4.40 Å². The van der Waals surface area contributed by atoms with Gasteiger partial charge in [-0.25, -0.2) is 4.79 Å². The fourth-order valence-corrected chi connectivity index (χ4v) is 4.17. The van der Waals surface area contributed by atoms with Crippen molar-refractivity contribution in [3.8, 4) is 0 Å². The molecule has 1 fully saturated rings. The number of hydrogen-bond donors (Lipinski definition) is 0. The summed E-state index contributed by atoms with van der Waals surface area (Å²) in [6.07, 6.45) is 3.40. The third-order valence-electron chi connectivity index (χ3n) is 3.93. The van der Waals surface area contributed by atoms with E-state index in [-0.39, 0.29) is 16.6 Å². The summed E-state index contributed by atoms with van der Waals surface area (Å²) < 4.78 is 34.0. The van der Waals surface area contributed by atoms with Crippen molar-refractivity contribution in [3.05, 3.63) is 23.8 Å². The van der Waals surface area contributed by atoms with Crippen LogP contribution in [0.3, 0.4) is 0 Å². The second kappa shape index (κ2) is 5.96. The maximum Gasteiger partial charge on any atom is 0.338 e. The molecule has 2 aliphatic heterocycles. The maximum absolute atomic E-state index is 12.5. The summed E-state index contributed by atoms with van der Waals surface area (Å²) >= 11 is 0. The van der Waals surface area contributed by atoms with Crippen molar-refractivity contribution in [3.63, 3.8) is 0 Å². The van der Waals surface area contributed by atoms with Gasteiger partial charge in [0.2, 0.25) is 0 Å². The molecule has 7 heteroatoms. The van der Waals surface area contributed by atoms with Crippen molar-refractivity contribution in [1.82, 2.24) is 0 Å². The molecule has 3 rings (SSSR count). The van der Waals surface area contributed by atoms with Crippen LogP contribution in [0, 0.1) is 0 Å². The molecule has 0 saturated carbocycles. The molecule has 6 nitrogen and oxygen atoms in total. The molecule has 1 aromatic carbocycles. The minimum absolute atomic E-state index is 0.0846. The molecule has 1 aromatic rings. The van der Waals surface area contributed by atoms with Gasteiger partial charge in [0.25, 0.3) is 10.0 Å². The van der Waals surface area contributed by atoms with E-state index in [1.54, 1.807) is 26.0 Å². The Morgan fingerprint density at radius 2 is 2.04 bits per heavy atom. The van der Waals surface area contributed by atoms with Crippen LogP contribution in [0.25, 0.3) is 0 Å². The first-order valence-corrected chi connectivity index (χ1v) is 9.29. The zero-order valence-electron chi connectivity index (χ0n) is 13.3. The molecule has 0 unspecified atom stereocenters. The number of sulfonamides is 1. The summed E-state index contributed by atoms with van der Waals surface area (Å²) in [5.41, 5.74) is 0.840. The van der Waals surface area contributed by atoms with Gasteiger partial charge in [-0.05, 0) is 44.9 Å². The molecule has 2 heterocycles. The highest BCUT2D eigenvalue weighted by atomic mass is 32.2. The molecule has 0 bridgehead atoms. The second-order valence-electron chi connectivity index (χ2n) is 6.08. The number of carbonyl (C=O) groups excluding carboxylic acids is 1. The van der Waals surface area contributed by atoms with E-state index in [1.165, 1.54) is 6.07 Å². The minimum Gasteiger partial charge on any atom is -0.459 e. The number of ether oxygens (including phenoxy) is 1. The molecule has 2 aliphatic rings. The van der Waals surface area contributed by atoms with E-state index in [0.717, 1.165) is 25.8 Å². The van der Waals surface area contributed by atoms with E-state index in [0.29, 0.717) is 17.9 Å². The fourth-order valence-electron chi connectivity index (χ4n) is 2.89. The van der Waals surface area contributed by atoms with Crippen LogP contribution < -0.4 is 4.90 Å². The van der Waals surface area contributed by atoms with Gasteiger partial charge in [-0.1, -0.05) is 6.42 Å². The molecule has 0 atom stereocenters. The molecular formula is C16H20N2O4S. The van der Waals surface area contributed by atoms with Gasteiger partial charge in [0.1, 0.15) is 10.7 Å². The molecule has 23 heavy (non-hydrogen) atoms. The number of hydrogen-bond acceptors (Lipinski definition) is 5. The zero-order chi connectivity index (χ0) is 16.6. The lowest BCUT2D eigenvalue weighted by Crippen LogP contribution is -2.35. The van der Waals surface area contributed by atoms with Gasteiger partial charge in [0, 0.05) is 13.0 Å². The Labute approximate surface area is 136 Å². The Kier molecular flexibility index (Phi) is 4.14. The van der Waals surface area contributed by atoms with Crippen LogP contribution in [-0.2, 0) is 14.8 Å². The Morgan fingerprint density at radius 1 is 1.26 bits per heavy atom. The summed E-state index contributed by atoms with van der Waals surface area (Å²) in [6, 6.07) is 4.68. The van der Waals surface area contributed by atoms with Crippen LogP contribution in [0.1, 0.15) is 49.9 Å². The lowest BCUT2D eigenvalue weighted by Gasteiger charge is -2.29. The molecule has 0 amide bonds. The van der Waals surface area contributed by atoms with Crippen LogP contribution in [0.15, 0.2) is 27.5 Å². The van der Waals surface area contributed by atoms with Crippen LogP contribution in [0.2, 0.25) is 0 Å². The third kappa shape index (κ3) is 3.10. The average molecular weight is 336 g/mol. The third-order valence-corrected chi connectivity index (χ3v) is 5.26. The van der Waals surface area contributed by atoms with Gasteiger partial charge < -0.3 is 9.64 Å².